The van der Waals surface area contributed by atoms with Crippen LogP contribution < -0.4 is 4.90 Å². The molecule has 0 aliphatic carbocycles. The molecule has 0 N–H and O–H groups in total. The Bertz CT molecular complexity index is 3160. The number of aromatic nitrogens is 2. The summed E-state index contributed by atoms with van der Waals surface area (Å²) >= 11 is 0. The average molecular weight is 704 g/mol. The molecule has 8 aromatic carbocycles. The van der Waals surface area contributed by atoms with Crippen molar-refractivity contribution in [2.24, 2.45) is 0 Å². The van der Waals surface area contributed by atoms with Crippen molar-refractivity contribution in [3.05, 3.63) is 200 Å². The van der Waals surface area contributed by atoms with Crippen LogP contribution in [0.3, 0.4) is 0 Å². The fraction of sp³-hybridized carbons (Fsp3) is 0. The zero-order chi connectivity index (χ0) is 36.3. The molecule has 0 unspecified atom stereocenters. The molecule has 0 aliphatic rings. The second-order valence-electron chi connectivity index (χ2n) is 14.0. The summed E-state index contributed by atoms with van der Waals surface area (Å²) in [5, 5.41) is 5.94. The van der Waals surface area contributed by atoms with E-state index in [2.05, 4.69) is 196 Å². The number of pyridine rings is 1. The van der Waals surface area contributed by atoms with Crippen molar-refractivity contribution in [3.63, 3.8) is 0 Å². The number of anilines is 3. The maximum absolute atomic E-state index is 6.17. The Hall–Kier alpha value is -7.43. The quantitative estimate of drug-likeness (QED) is 0.173. The van der Waals surface area contributed by atoms with Gasteiger partial charge in [-0.3, -0.25) is 4.98 Å². The Morgan fingerprint density at radius 2 is 1.05 bits per heavy atom. The van der Waals surface area contributed by atoms with Crippen LogP contribution in [0.5, 0.6) is 0 Å². The number of furan rings is 1. The third-order valence-corrected chi connectivity index (χ3v) is 10.8. The molecule has 4 heteroatoms. The van der Waals surface area contributed by atoms with E-state index < -0.39 is 0 Å². The van der Waals surface area contributed by atoms with Crippen LogP contribution in [0.25, 0.3) is 82.6 Å². The minimum absolute atomic E-state index is 0.785. The van der Waals surface area contributed by atoms with Crippen LogP contribution in [0.15, 0.2) is 205 Å². The predicted octanol–water partition coefficient (Wildman–Crippen LogP) is 14.0. The Morgan fingerprint density at radius 3 is 1.84 bits per heavy atom. The lowest BCUT2D eigenvalue weighted by Crippen LogP contribution is -2.10. The van der Waals surface area contributed by atoms with Gasteiger partial charge >= 0.3 is 0 Å². The summed E-state index contributed by atoms with van der Waals surface area (Å²) in [6, 6.07) is 69.3. The van der Waals surface area contributed by atoms with Gasteiger partial charge in [0, 0.05) is 44.8 Å². The van der Waals surface area contributed by atoms with Crippen LogP contribution in [-0.2, 0) is 0 Å². The third-order valence-electron chi connectivity index (χ3n) is 10.8. The molecule has 0 radical (unpaired) electrons. The maximum atomic E-state index is 6.17. The predicted molar refractivity (Wildman–Crippen MR) is 229 cm³/mol. The lowest BCUT2D eigenvalue weighted by Gasteiger charge is -2.26. The van der Waals surface area contributed by atoms with Crippen molar-refractivity contribution in [1.29, 1.82) is 0 Å². The van der Waals surface area contributed by atoms with E-state index in [0.717, 1.165) is 50.3 Å². The Balaban J connectivity index is 1.05. The molecule has 4 nitrogen and oxygen atoms in total. The van der Waals surface area contributed by atoms with E-state index in [-0.39, 0.29) is 0 Å². The van der Waals surface area contributed by atoms with Gasteiger partial charge in [-0.15, -0.1) is 0 Å². The van der Waals surface area contributed by atoms with E-state index in [1.54, 1.807) is 0 Å². The van der Waals surface area contributed by atoms with Crippen LogP contribution in [0, 0.1) is 0 Å². The molecule has 3 heterocycles. The molecule has 3 aromatic heterocycles. The standard InChI is InChI=1S/C51H33N3O/c1-2-12-34(13-3-1)36-14-10-15-38(32-36)53(39-27-30-49-45(33-39)51-50(55-49)22-11-31-52-51)37-25-23-35(24-26-37)40-28-29-48(42-17-5-4-16-41(40)42)54-46-20-8-6-18-43(46)44-19-7-9-21-47(44)54/h1-33H. The number of fused-ring (bicyclic) bond motifs is 7. The number of rotatable bonds is 6. The topological polar surface area (TPSA) is 34.2 Å². The van der Waals surface area contributed by atoms with Gasteiger partial charge in [-0.2, -0.15) is 0 Å². The van der Waals surface area contributed by atoms with Gasteiger partial charge in [-0.25, -0.2) is 0 Å². The van der Waals surface area contributed by atoms with Gasteiger partial charge in [0.1, 0.15) is 11.1 Å². The van der Waals surface area contributed by atoms with Crippen LogP contribution in [-0.4, -0.2) is 9.55 Å². The van der Waals surface area contributed by atoms with E-state index in [4.69, 9.17) is 4.42 Å². The van der Waals surface area contributed by atoms with Gasteiger partial charge in [0.15, 0.2) is 5.58 Å². The number of hydrogen-bond acceptors (Lipinski definition) is 3. The van der Waals surface area contributed by atoms with Crippen molar-refractivity contribution in [1.82, 2.24) is 9.55 Å². The SMILES string of the molecule is c1ccc(-c2cccc(N(c3ccc(-c4ccc(-n5c6ccccc6c6ccccc65)c5ccccc45)cc3)c3ccc4oc5cccnc5c4c3)c2)cc1. The average Bonchev–Trinajstić information content (AvgIpc) is 3.80. The van der Waals surface area contributed by atoms with E-state index in [9.17, 15) is 0 Å². The lowest BCUT2D eigenvalue weighted by atomic mass is 9.96. The monoisotopic (exact) mass is 703 g/mol. The molecule has 258 valence electrons. The van der Waals surface area contributed by atoms with Crippen molar-refractivity contribution in [2.45, 2.75) is 0 Å². The minimum atomic E-state index is 0.785. The summed E-state index contributed by atoms with van der Waals surface area (Å²) in [7, 11) is 0. The first-order valence-electron chi connectivity index (χ1n) is 18.6. The first-order chi connectivity index (χ1) is 27.3. The molecule has 0 saturated carbocycles. The van der Waals surface area contributed by atoms with Gasteiger partial charge in [0.2, 0.25) is 0 Å². The molecular formula is C51H33N3O. The minimum Gasteiger partial charge on any atom is -0.454 e. The Kier molecular flexibility index (Phi) is 7.14. The first kappa shape index (κ1) is 31.1. The molecule has 0 bridgehead atoms. The zero-order valence-electron chi connectivity index (χ0n) is 29.8. The van der Waals surface area contributed by atoms with Gasteiger partial charge in [-0.1, -0.05) is 121 Å². The molecule has 11 aromatic rings. The highest BCUT2D eigenvalue weighted by molar-refractivity contribution is 6.11. The van der Waals surface area contributed by atoms with Gasteiger partial charge in [0.05, 0.1) is 16.7 Å². The summed E-state index contributed by atoms with van der Waals surface area (Å²) in [5.74, 6) is 0. The van der Waals surface area contributed by atoms with Crippen LogP contribution >= 0.6 is 0 Å². The normalized spacial score (nSPS) is 11.6. The number of nitrogens with zero attached hydrogens (tertiary/aromatic N) is 3. The molecule has 0 fully saturated rings. The summed E-state index contributed by atoms with van der Waals surface area (Å²) in [4.78, 5) is 7.00. The fourth-order valence-electron chi connectivity index (χ4n) is 8.33. The van der Waals surface area contributed by atoms with Gasteiger partial charge in [-0.05, 0) is 100 Å². The van der Waals surface area contributed by atoms with E-state index in [1.165, 1.54) is 49.4 Å². The largest absolute Gasteiger partial charge is 0.454 e. The second kappa shape index (κ2) is 12.6. The van der Waals surface area contributed by atoms with Gasteiger partial charge in [0.25, 0.3) is 0 Å². The zero-order valence-corrected chi connectivity index (χ0v) is 29.8. The number of benzene rings is 8. The number of para-hydroxylation sites is 2. The molecular weight excluding hydrogens is 671 g/mol. The fourth-order valence-corrected chi connectivity index (χ4v) is 8.33. The molecule has 55 heavy (non-hydrogen) atoms. The second-order valence-corrected chi connectivity index (χ2v) is 14.0. The highest BCUT2D eigenvalue weighted by atomic mass is 16.3. The summed E-state index contributed by atoms with van der Waals surface area (Å²) < 4.78 is 8.58. The Labute approximate surface area is 317 Å². The summed E-state index contributed by atoms with van der Waals surface area (Å²) in [6.45, 7) is 0. The van der Waals surface area contributed by atoms with Crippen molar-refractivity contribution >= 4 is 71.7 Å². The van der Waals surface area contributed by atoms with Crippen molar-refractivity contribution in [3.8, 4) is 27.9 Å². The van der Waals surface area contributed by atoms with Crippen LogP contribution in [0.1, 0.15) is 0 Å². The summed E-state index contributed by atoms with van der Waals surface area (Å²) in [6.07, 6.45) is 1.82. The molecule has 0 amide bonds. The molecule has 0 spiro atoms. The molecule has 0 aliphatic heterocycles. The maximum Gasteiger partial charge on any atom is 0.153 e. The van der Waals surface area contributed by atoms with Crippen molar-refractivity contribution < 1.29 is 4.42 Å². The number of hydrogen-bond donors (Lipinski definition) is 0. The van der Waals surface area contributed by atoms with Crippen LogP contribution in [0.2, 0.25) is 0 Å². The molecule has 0 saturated heterocycles. The lowest BCUT2D eigenvalue weighted by molar-refractivity contribution is 0.668. The molecule has 0 atom stereocenters. The third kappa shape index (κ3) is 5.11. The van der Waals surface area contributed by atoms with E-state index in [1.807, 2.05) is 18.3 Å². The highest BCUT2D eigenvalue weighted by Gasteiger charge is 2.19. The molecule has 11 rings (SSSR count). The first-order valence-corrected chi connectivity index (χ1v) is 18.6. The highest BCUT2D eigenvalue weighted by Crippen LogP contribution is 2.42. The van der Waals surface area contributed by atoms with Gasteiger partial charge < -0.3 is 13.9 Å². The summed E-state index contributed by atoms with van der Waals surface area (Å²) in [5.41, 5.74) is 13.9. The van der Waals surface area contributed by atoms with E-state index in [0.29, 0.717) is 0 Å². The Morgan fingerprint density at radius 1 is 0.400 bits per heavy atom. The van der Waals surface area contributed by atoms with E-state index >= 15 is 0 Å². The van der Waals surface area contributed by atoms with Crippen LogP contribution in [0.4, 0.5) is 17.1 Å². The smallest absolute Gasteiger partial charge is 0.153 e. The van der Waals surface area contributed by atoms with Crippen molar-refractivity contribution in [2.75, 3.05) is 4.90 Å².